The van der Waals surface area contributed by atoms with Crippen molar-refractivity contribution in [3.8, 4) is 0 Å². The van der Waals surface area contributed by atoms with Gasteiger partial charge in [0.05, 0.1) is 6.42 Å². The lowest BCUT2D eigenvalue weighted by Gasteiger charge is -2.35. The second-order valence-electron chi connectivity index (χ2n) is 5.96. The fraction of sp³-hybridized carbons (Fsp3) is 0.263. The van der Waals surface area contributed by atoms with Gasteiger partial charge in [-0.05, 0) is 29.8 Å². The molecule has 5 nitrogen and oxygen atoms in total. The Bertz CT molecular complexity index is 711. The molecule has 2 N–H and O–H groups in total. The third kappa shape index (κ3) is 4.73. The van der Waals surface area contributed by atoms with E-state index in [1.165, 1.54) is 0 Å². The van der Waals surface area contributed by atoms with E-state index in [0.29, 0.717) is 43.9 Å². The van der Waals surface area contributed by atoms with Crippen molar-refractivity contribution in [1.29, 1.82) is 0 Å². The molecule has 1 heterocycles. The van der Waals surface area contributed by atoms with Crippen LogP contribution in [0.3, 0.4) is 0 Å². The highest BCUT2D eigenvalue weighted by Crippen LogP contribution is 2.11. The first-order valence-electron chi connectivity index (χ1n) is 8.10. The zero-order valence-electron chi connectivity index (χ0n) is 13.9. The Hall–Kier alpha value is -2.53. The third-order valence-corrected chi connectivity index (χ3v) is 4.28. The Morgan fingerprint density at radius 3 is 2.00 bits per heavy atom. The molecule has 1 aliphatic rings. The highest BCUT2D eigenvalue weighted by atomic mass is 35.5. The van der Waals surface area contributed by atoms with E-state index in [2.05, 4.69) is 0 Å². The minimum atomic E-state index is 0. The van der Waals surface area contributed by atoms with Crippen molar-refractivity contribution in [2.75, 3.05) is 31.9 Å². The summed E-state index contributed by atoms with van der Waals surface area (Å²) >= 11 is 0. The van der Waals surface area contributed by atoms with Crippen LogP contribution in [-0.4, -0.2) is 47.8 Å². The molecule has 0 saturated carbocycles. The zero-order chi connectivity index (χ0) is 16.9. The summed E-state index contributed by atoms with van der Waals surface area (Å²) in [5.41, 5.74) is 8.00. The second kappa shape index (κ2) is 8.53. The van der Waals surface area contributed by atoms with E-state index in [-0.39, 0.29) is 24.2 Å². The van der Waals surface area contributed by atoms with Gasteiger partial charge >= 0.3 is 0 Å². The Morgan fingerprint density at radius 2 is 1.40 bits per heavy atom. The standard InChI is InChI=1S/C19H21N3O2.ClH/c20-17-8-6-15(7-9-17)14-18(23)21-10-12-22(13-11-21)19(24)16-4-2-1-3-5-16;/h1-9H,10-14,20H2;1H. The molecule has 0 unspecified atom stereocenters. The first-order chi connectivity index (χ1) is 11.6. The van der Waals surface area contributed by atoms with Gasteiger partial charge in [-0.1, -0.05) is 30.3 Å². The summed E-state index contributed by atoms with van der Waals surface area (Å²) in [6, 6.07) is 16.6. The third-order valence-electron chi connectivity index (χ3n) is 4.28. The molecule has 0 bridgehead atoms. The van der Waals surface area contributed by atoms with E-state index >= 15 is 0 Å². The summed E-state index contributed by atoms with van der Waals surface area (Å²) in [5.74, 6) is 0.118. The van der Waals surface area contributed by atoms with Crippen LogP contribution in [-0.2, 0) is 11.2 Å². The van der Waals surface area contributed by atoms with Gasteiger partial charge in [-0.2, -0.15) is 0 Å². The molecule has 2 aromatic rings. The maximum atomic E-state index is 12.4. The van der Waals surface area contributed by atoms with Crippen molar-refractivity contribution in [2.24, 2.45) is 0 Å². The molecule has 0 spiro atoms. The Balaban J connectivity index is 0.00000225. The molecule has 0 aromatic heterocycles. The van der Waals surface area contributed by atoms with Crippen LogP contribution in [0, 0.1) is 0 Å². The van der Waals surface area contributed by atoms with Crippen molar-refractivity contribution in [1.82, 2.24) is 9.80 Å². The van der Waals surface area contributed by atoms with Crippen molar-refractivity contribution >= 4 is 29.9 Å². The van der Waals surface area contributed by atoms with Crippen LogP contribution in [0.25, 0.3) is 0 Å². The summed E-state index contributed by atoms with van der Waals surface area (Å²) in [6.45, 7) is 2.29. The Kier molecular flexibility index (Phi) is 6.42. The van der Waals surface area contributed by atoms with Gasteiger partial charge in [0.25, 0.3) is 5.91 Å². The molecule has 2 aromatic carbocycles. The largest absolute Gasteiger partial charge is 0.399 e. The van der Waals surface area contributed by atoms with Crippen LogP contribution < -0.4 is 5.73 Å². The molecule has 3 rings (SSSR count). The fourth-order valence-electron chi connectivity index (χ4n) is 2.84. The molecule has 2 amide bonds. The van der Waals surface area contributed by atoms with E-state index in [0.717, 1.165) is 5.56 Å². The molecule has 1 saturated heterocycles. The molecule has 0 radical (unpaired) electrons. The first-order valence-corrected chi connectivity index (χ1v) is 8.10. The van der Waals surface area contributed by atoms with E-state index < -0.39 is 0 Å². The maximum absolute atomic E-state index is 12.4. The quantitative estimate of drug-likeness (QED) is 0.854. The monoisotopic (exact) mass is 359 g/mol. The van der Waals surface area contributed by atoms with E-state index in [1.54, 1.807) is 12.1 Å². The number of hydrogen-bond acceptors (Lipinski definition) is 3. The van der Waals surface area contributed by atoms with Gasteiger partial charge in [0, 0.05) is 37.4 Å². The minimum Gasteiger partial charge on any atom is -0.399 e. The predicted octanol–water partition coefficient (Wildman–Crippen LogP) is 2.22. The SMILES string of the molecule is Cl.Nc1ccc(CC(=O)N2CCN(C(=O)c3ccccc3)CC2)cc1. The van der Waals surface area contributed by atoms with Crippen LogP contribution in [0.15, 0.2) is 54.6 Å². The Morgan fingerprint density at radius 1 is 0.840 bits per heavy atom. The number of amides is 2. The summed E-state index contributed by atoms with van der Waals surface area (Å²) in [6.07, 6.45) is 0.368. The first kappa shape index (κ1) is 18.8. The fourth-order valence-corrected chi connectivity index (χ4v) is 2.84. The maximum Gasteiger partial charge on any atom is 0.253 e. The average Bonchev–Trinajstić information content (AvgIpc) is 2.64. The van der Waals surface area contributed by atoms with Gasteiger partial charge in [-0.15, -0.1) is 12.4 Å². The van der Waals surface area contributed by atoms with Crippen LogP contribution in [0.5, 0.6) is 0 Å². The van der Waals surface area contributed by atoms with E-state index in [1.807, 2.05) is 52.3 Å². The molecule has 0 atom stereocenters. The zero-order valence-corrected chi connectivity index (χ0v) is 14.7. The number of hydrogen-bond donors (Lipinski definition) is 1. The van der Waals surface area contributed by atoms with Crippen LogP contribution in [0.1, 0.15) is 15.9 Å². The summed E-state index contributed by atoms with van der Waals surface area (Å²) in [7, 11) is 0. The van der Waals surface area contributed by atoms with Gasteiger partial charge in [0.1, 0.15) is 0 Å². The van der Waals surface area contributed by atoms with Gasteiger partial charge < -0.3 is 15.5 Å². The lowest BCUT2D eigenvalue weighted by Crippen LogP contribution is -2.51. The number of anilines is 1. The van der Waals surface area contributed by atoms with Gasteiger partial charge in [0.2, 0.25) is 5.91 Å². The summed E-state index contributed by atoms with van der Waals surface area (Å²) < 4.78 is 0. The number of benzene rings is 2. The molecule has 25 heavy (non-hydrogen) atoms. The number of piperazine rings is 1. The molecule has 132 valence electrons. The summed E-state index contributed by atoms with van der Waals surface area (Å²) in [4.78, 5) is 28.4. The highest BCUT2D eigenvalue weighted by molar-refractivity contribution is 5.94. The number of halogens is 1. The number of nitrogens with zero attached hydrogens (tertiary/aromatic N) is 2. The van der Waals surface area contributed by atoms with Crippen molar-refractivity contribution in [3.05, 3.63) is 65.7 Å². The van der Waals surface area contributed by atoms with Crippen LogP contribution in [0.4, 0.5) is 5.69 Å². The molecular formula is C19H22ClN3O2. The van der Waals surface area contributed by atoms with Gasteiger partial charge in [0.15, 0.2) is 0 Å². The topological polar surface area (TPSA) is 66.6 Å². The predicted molar refractivity (Wildman–Crippen MR) is 101 cm³/mol. The van der Waals surface area contributed by atoms with Gasteiger partial charge in [-0.3, -0.25) is 9.59 Å². The molecule has 1 fully saturated rings. The number of carbonyl (C=O) groups excluding carboxylic acids is 2. The second-order valence-corrected chi connectivity index (χ2v) is 5.96. The molecule has 1 aliphatic heterocycles. The molecule has 6 heteroatoms. The highest BCUT2D eigenvalue weighted by Gasteiger charge is 2.24. The van der Waals surface area contributed by atoms with Crippen molar-refractivity contribution in [3.63, 3.8) is 0 Å². The van der Waals surface area contributed by atoms with Crippen molar-refractivity contribution < 1.29 is 9.59 Å². The lowest BCUT2D eigenvalue weighted by molar-refractivity contribution is -0.131. The average molecular weight is 360 g/mol. The van der Waals surface area contributed by atoms with Gasteiger partial charge in [-0.25, -0.2) is 0 Å². The minimum absolute atomic E-state index is 0. The van der Waals surface area contributed by atoms with E-state index in [4.69, 9.17) is 5.73 Å². The molecule has 0 aliphatic carbocycles. The lowest BCUT2D eigenvalue weighted by atomic mass is 10.1. The van der Waals surface area contributed by atoms with Crippen LogP contribution >= 0.6 is 12.4 Å². The Labute approximate surface area is 153 Å². The van der Waals surface area contributed by atoms with Crippen LogP contribution in [0.2, 0.25) is 0 Å². The van der Waals surface area contributed by atoms with E-state index in [9.17, 15) is 9.59 Å². The number of nitrogens with two attached hydrogens (primary N) is 1. The smallest absolute Gasteiger partial charge is 0.253 e. The number of rotatable bonds is 3. The number of nitrogen functional groups attached to an aromatic ring is 1. The molecular weight excluding hydrogens is 338 g/mol. The summed E-state index contributed by atoms with van der Waals surface area (Å²) in [5, 5.41) is 0. The number of carbonyl (C=O) groups is 2. The normalized spacial score (nSPS) is 13.9. The van der Waals surface area contributed by atoms with Crippen molar-refractivity contribution in [2.45, 2.75) is 6.42 Å².